The minimum absolute atomic E-state index is 0. The maximum Gasteiger partial charge on any atom is 1.00 e. The van der Waals surface area contributed by atoms with Gasteiger partial charge in [-0.15, -0.1) is 10.2 Å². The van der Waals surface area contributed by atoms with E-state index in [1.165, 1.54) is 31.2 Å². The number of carbonyl (C=O) groups is 1. The number of hydrogen-bond acceptors (Lipinski definition) is 12. The van der Waals surface area contributed by atoms with E-state index in [-0.39, 0.29) is 87.4 Å². The van der Waals surface area contributed by atoms with Crippen LogP contribution in [0.1, 0.15) is 24.8 Å². The van der Waals surface area contributed by atoms with Gasteiger partial charge in [0.2, 0.25) is 5.91 Å². The Morgan fingerprint density at radius 1 is 0.933 bits per heavy atom. The molecule has 228 valence electrons. The molecule has 18 heteroatoms. The fourth-order valence-corrected chi connectivity index (χ4v) is 8.96. The molecular weight excluding hydrogens is 668 g/mol. The van der Waals surface area contributed by atoms with Crippen molar-refractivity contribution in [3.8, 4) is 5.75 Å². The Morgan fingerprint density at radius 3 is 2.20 bits per heavy atom. The molecule has 2 fully saturated rings. The predicted octanol–water partition coefficient (Wildman–Crippen LogP) is -2.00. The smallest absolute Gasteiger partial charge is 0.744 e. The molecule has 2 N–H and O–H groups in total. The number of azo groups is 1. The molecule has 0 aromatic heterocycles. The number of carbonyl (C=O) groups excluding carboxylic acids is 1. The van der Waals surface area contributed by atoms with E-state index in [0.29, 0.717) is 24.8 Å². The summed E-state index contributed by atoms with van der Waals surface area (Å²) in [4.78, 5) is 11.5. The number of sulfone groups is 1. The average Bonchev–Trinajstić information content (AvgIpc) is 3.54. The van der Waals surface area contributed by atoms with E-state index in [4.69, 9.17) is 0 Å². The largest absolute Gasteiger partial charge is 1.00 e. The Labute approximate surface area is 304 Å². The maximum atomic E-state index is 13.2. The van der Waals surface area contributed by atoms with E-state index in [0.717, 1.165) is 23.6 Å². The molecule has 45 heavy (non-hydrogen) atoms. The fraction of sp³-hybridized carbons (Fsp3) is 0.296. The first-order valence-corrected chi connectivity index (χ1v) is 17.3. The molecule has 3 aromatic rings. The molecule has 2 saturated carbocycles. The summed E-state index contributed by atoms with van der Waals surface area (Å²) < 4.78 is 96.3. The third kappa shape index (κ3) is 7.73. The van der Waals surface area contributed by atoms with Gasteiger partial charge in [-0.2, -0.15) is 0 Å². The van der Waals surface area contributed by atoms with Gasteiger partial charge in [-0.3, -0.25) is 4.79 Å². The molecule has 0 saturated heterocycles. The third-order valence-electron chi connectivity index (χ3n) is 7.97. The summed E-state index contributed by atoms with van der Waals surface area (Å²) in [7, 11) is -13.8. The van der Waals surface area contributed by atoms with Gasteiger partial charge in [0, 0.05) is 22.4 Å². The Hall–Kier alpha value is -1.70. The molecule has 3 aromatic carbocycles. The second-order valence-corrected chi connectivity index (χ2v) is 15.5. The van der Waals surface area contributed by atoms with Crippen molar-refractivity contribution in [3.63, 3.8) is 0 Å². The molecule has 2 aliphatic carbocycles. The molecule has 4 atom stereocenters. The van der Waals surface area contributed by atoms with Gasteiger partial charge in [0.05, 0.1) is 15.0 Å². The average molecular weight is 694 g/mol. The van der Waals surface area contributed by atoms with Gasteiger partial charge in [0.1, 0.15) is 31.6 Å². The standard InChI is InChI=1S/C27H27N3O10S3.2Na/c1-3-41(33,34)22-11-15-9-19(22)20(10-15)27(32)28-17-5-6-18-16(12-17)13-24(43(38,39)40)25(26(18)31)30-29-21-7-4-14(2)8-23(21)42(35,36)37;;/h3-8,12-13,15,19-20,22,31H,1,9-11H2,2H3,(H,28,32)(H,35,36,37)(H,38,39,40);;/q;2*+1/p-2. The number of aromatic hydroxyl groups is 1. The second-order valence-electron chi connectivity index (χ2n) is 10.7. The van der Waals surface area contributed by atoms with Crippen molar-refractivity contribution in [2.24, 2.45) is 28.0 Å². The van der Waals surface area contributed by atoms with Crippen molar-refractivity contribution in [1.29, 1.82) is 0 Å². The number of phenolic OH excluding ortho intramolecular Hbond substituents is 1. The van der Waals surface area contributed by atoms with Crippen LogP contribution in [0, 0.1) is 24.7 Å². The summed E-state index contributed by atoms with van der Waals surface area (Å²) in [6, 6.07) is 8.65. The molecule has 5 rings (SSSR count). The van der Waals surface area contributed by atoms with Gasteiger partial charge >= 0.3 is 59.1 Å². The van der Waals surface area contributed by atoms with Gasteiger partial charge in [-0.1, -0.05) is 12.6 Å². The zero-order chi connectivity index (χ0) is 31.5. The van der Waals surface area contributed by atoms with Crippen molar-refractivity contribution in [3.05, 3.63) is 60.0 Å². The van der Waals surface area contributed by atoms with Crippen LogP contribution < -0.4 is 64.4 Å². The second kappa shape index (κ2) is 13.8. The third-order valence-corrected chi connectivity index (χ3v) is 11.5. The maximum absolute atomic E-state index is 13.2. The molecule has 0 radical (unpaired) electrons. The van der Waals surface area contributed by atoms with Crippen LogP contribution in [0.15, 0.2) is 74.5 Å². The number of phenols is 1. The van der Waals surface area contributed by atoms with Crippen LogP contribution in [0.25, 0.3) is 10.8 Å². The summed E-state index contributed by atoms with van der Waals surface area (Å²) in [6.07, 6.45) is 1.60. The number of nitrogens with zero attached hydrogens (tertiary/aromatic N) is 2. The van der Waals surface area contributed by atoms with Gasteiger partial charge in [-0.05, 0) is 85.4 Å². The Balaban J connectivity index is 0.00000276. The van der Waals surface area contributed by atoms with Crippen molar-refractivity contribution in [2.75, 3.05) is 5.32 Å². The van der Waals surface area contributed by atoms with Crippen LogP contribution in [0.3, 0.4) is 0 Å². The minimum atomic E-state index is -5.27. The van der Waals surface area contributed by atoms with E-state index in [9.17, 15) is 44.3 Å². The van der Waals surface area contributed by atoms with Crippen LogP contribution in [0.2, 0.25) is 0 Å². The van der Waals surface area contributed by atoms with E-state index in [2.05, 4.69) is 22.1 Å². The SMILES string of the molecule is C=CS(=O)(=O)C1CC2CC(C(=O)Nc3ccc4c(O)c(N=Nc5ccc(C)cc5S(=O)(=O)[O-])c(S(=O)(=O)[O-])cc4c3)C1C2.[Na+].[Na+]. The van der Waals surface area contributed by atoms with E-state index in [1.54, 1.807) is 0 Å². The quantitative estimate of drug-likeness (QED) is 0.150. The van der Waals surface area contributed by atoms with Crippen LogP contribution in [0.4, 0.5) is 17.1 Å². The fourth-order valence-electron chi connectivity index (χ4n) is 6.05. The first-order valence-electron chi connectivity index (χ1n) is 12.9. The van der Waals surface area contributed by atoms with Crippen molar-refractivity contribution in [2.45, 2.75) is 41.2 Å². The van der Waals surface area contributed by atoms with Crippen molar-refractivity contribution in [1.82, 2.24) is 0 Å². The molecule has 0 aliphatic heterocycles. The predicted molar refractivity (Wildman–Crippen MR) is 153 cm³/mol. The number of amides is 1. The summed E-state index contributed by atoms with van der Waals surface area (Å²) >= 11 is 0. The number of nitrogens with one attached hydrogen (secondary N) is 1. The molecule has 0 spiro atoms. The first-order chi connectivity index (χ1) is 20.0. The molecule has 2 bridgehead atoms. The zero-order valence-corrected chi connectivity index (χ0v) is 30.9. The molecular formula is C27H25N3Na2O10S3. The van der Waals surface area contributed by atoms with Crippen LogP contribution in [-0.4, -0.2) is 50.6 Å². The Kier molecular flexibility index (Phi) is 11.6. The van der Waals surface area contributed by atoms with Gasteiger partial charge < -0.3 is 19.5 Å². The van der Waals surface area contributed by atoms with Crippen LogP contribution >= 0.6 is 0 Å². The van der Waals surface area contributed by atoms with Gasteiger partial charge in [0.25, 0.3) is 0 Å². The Morgan fingerprint density at radius 2 is 1.60 bits per heavy atom. The molecule has 2 aliphatic rings. The zero-order valence-electron chi connectivity index (χ0n) is 24.5. The van der Waals surface area contributed by atoms with E-state index in [1.807, 2.05) is 0 Å². The molecule has 13 nitrogen and oxygen atoms in total. The van der Waals surface area contributed by atoms with Crippen molar-refractivity contribution < 1.29 is 103 Å². The summed E-state index contributed by atoms with van der Waals surface area (Å²) in [6.45, 7) is 4.92. The van der Waals surface area contributed by atoms with Crippen LogP contribution in [-0.2, 0) is 34.9 Å². The van der Waals surface area contributed by atoms with Crippen molar-refractivity contribution >= 4 is 63.8 Å². The minimum Gasteiger partial charge on any atom is -0.744 e. The Bertz CT molecular complexity index is 2050. The van der Waals surface area contributed by atoms with Crippen LogP contribution in [0.5, 0.6) is 5.75 Å². The molecule has 0 heterocycles. The molecule has 4 unspecified atom stereocenters. The number of fused-ring (bicyclic) bond motifs is 3. The van der Waals surface area contributed by atoms with E-state index < -0.39 is 74.1 Å². The monoisotopic (exact) mass is 693 g/mol. The number of hydrogen-bond donors (Lipinski definition) is 2. The van der Waals surface area contributed by atoms with E-state index >= 15 is 0 Å². The molecule has 1 amide bonds. The van der Waals surface area contributed by atoms with Gasteiger partial charge in [-0.25, -0.2) is 25.3 Å². The number of aryl methyl sites for hydroxylation is 1. The number of anilines is 1. The topological polar surface area (TPSA) is 223 Å². The normalized spacial score (nSPS) is 21.3. The van der Waals surface area contributed by atoms with Gasteiger partial charge in [0.15, 0.2) is 15.6 Å². The summed E-state index contributed by atoms with van der Waals surface area (Å²) in [5, 5.41) is 21.2. The number of benzene rings is 3. The number of rotatable bonds is 8. The first kappa shape index (κ1) is 37.8. The summed E-state index contributed by atoms with van der Waals surface area (Å²) in [5.74, 6) is -2.01. The summed E-state index contributed by atoms with van der Waals surface area (Å²) in [5.41, 5.74) is -0.576.